The minimum Gasteiger partial charge on any atom is -0.396 e. The van der Waals surface area contributed by atoms with Crippen molar-refractivity contribution in [2.24, 2.45) is 0 Å². The number of aliphatic hydroxyl groups excluding tert-OH is 1. The number of halogens is 1. The second-order valence-electron chi connectivity index (χ2n) is 4.02. The average Bonchev–Trinajstić information content (AvgIpc) is 2.31. The predicted molar refractivity (Wildman–Crippen MR) is 70.1 cm³/mol. The molecule has 1 unspecified atom stereocenters. The number of aromatic nitrogens is 1. The largest absolute Gasteiger partial charge is 0.396 e. The number of aryl methyl sites for hydroxylation is 1. The van der Waals surface area contributed by atoms with Gasteiger partial charge in [0.2, 0.25) is 10.0 Å². The van der Waals surface area contributed by atoms with Crippen LogP contribution in [0.5, 0.6) is 0 Å². The number of sulfonamides is 1. The van der Waals surface area contributed by atoms with Crippen molar-refractivity contribution in [3.8, 4) is 0 Å². The number of rotatable bonds is 6. The van der Waals surface area contributed by atoms with E-state index in [0.29, 0.717) is 18.4 Å². The van der Waals surface area contributed by atoms with Gasteiger partial charge in [0.15, 0.2) is 0 Å². The third kappa shape index (κ3) is 3.91. The molecule has 1 rings (SSSR count). The first kappa shape index (κ1) is 15.4. The molecular weight excluding hydrogens is 276 g/mol. The molecule has 0 radical (unpaired) electrons. The Kier molecular flexibility index (Phi) is 5.52. The molecule has 102 valence electrons. The van der Waals surface area contributed by atoms with E-state index in [2.05, 4.69) is 9.71 Å². The highest BCUT2D eigenvalue weighted by Gasteiger charge is 2.19. The van der Waals surface area contributed by atoms with Crippen LogP contribution in [0.15, 0.2) is 17.2 Å². The number of nitrogens with zero attached hydrogens (tertiary/aromatic N) is 1. The van der Waals surface area contributed by atoms with E-state index in [4.69, 9.17) is 16.7 Å². The molecule has 5 nitrogen and oxygen atoms in total. The SMILES string of the molecule is CCC(CCO)NS(=O)(=O)c1cnc(Cl)c(C)c1. The van der Waals surface area contributed by atoms with Gasteiger partial charge in [-0.1, -0.05) is 18.5 Å². The van der Waals surface area contributed by atoms with E-state index in [-0.39, 0.29) is 22.7 Å². The van der Waals surface area contributed by atoms with Crippen molar-refractivity contribution >= 4 is 21.6 Å². The summed E-state index contributed by atoms with van der Waals surface area (Å²) in [6.45, 7) is 3.49. The predicted octanol–water partition coefficient (Wildman–Crippen LogP) is 1.48. The fourth-order valence-electron chi connectivity index (χ4n) is 1.47. The van der Waals surface area contributed by atoms with Gasteiger partial charge in [-0.2, -0.15) is 0 Å². The Morgan fingerprint density at radius 2 is 2.22 bits per heavy atom. The third-order valence-electron chi connectivity index (χ3n) is 2.59. The average molecular weight is 293 g/mol. The first-order chi connectivity index (χ1) is 8.40. The summed E-state index contributed by atoms with van der Waals surface area (Å²) in [5, 5.41) is 9.14. The lowest BCUT2D eigenvalue weighted by molar-refractivity contribution is 0.270. The molecule has 0 saturated heterocycles. The molecule has 0 saturated carbocycles. The summed E-state index contributed by atoms with van der Waals surface area (Å²) in [6.07, 6.45) is 2.22. The Labute approximate surface area is 112 Å². The lowest BCUT2D eigenvalue weighted by atomic mass is 10.2. The van der Waals surface area contributed by atoms with Crippen LogP contribution < -0.4 is 4.72 Å². The minimum absolute atomic E-state index is 0.0566. The summed E-state index contributed by atoms with van der Waals surface area (Å²) in [7, 11) is -3.62. The van der Waals surface area contributed by atoms with Crippen molar-refractivity contribution in [3.63, 3.8) is 0 Å². The molecule has 7 heteroatoms. The van der Waals surface area contributed by atoms with E-state index in [0.717, 1.165) is 0 Å². The Morgan fingerprint density at radius 1 is 1.56 bits per heavy atom. The maximum absolute atomic E-state index is 12.1. The van der Waals surface area contributed by atoms with E-state index in [1.165, 1.54) is 12.3 Å². The normalized spacial score (nSPS) is 13.6. The van der Waals surface area contributed by atoms with Crippen molar-refractivity contribution in [2.45, 2.75) is 37.6 Å². The fraction of sp³-hybridized carbons (Fsp3) is 0.545. The lowest BCUT2D eigenvalue weighted by Gasteiger charge is -2.16. The summed E-state index contributed by atoms with van der Waals surface area (Å²) in [5.41, 5.74) is 0.606. The molecule has 0 amide bonds. The molecule has 0 aliphatic carbocycles. The second-order valence-corrected chi connectivity index (χ2v) is 6.09. The number of aliphatic hydroxyl groups is 1. The molecule has 1 aromatic rings. The first-order valence-corrected chi connectivity index (χ1v) is 7.52. The van der Waals surface area contributed by atoms with E-state index in [9.17, 15) is 8.42 Å². The maximum atomic E-state index is 12.1. The van der Waals surface area contributed by atoms with Crippen molar-refractivity contribution in [3.05, 3.63) is 23.0 Å². The molecule has 1 atom stereocenters. The van der Waals surface area contributed by atoms with Crippen molar-refractivity contribution in [1.82, 2.24) is 9.71 Å². The molecule has 1 aromatic heterocycles. The van der Waals surface area contributed by atoms with Crippen LogP contribution in [0.3, 0.4) is 0 Å². The number of hydrogen-bond acceptors (Lipinski definition) is 4. The van der Waals surface area contributed by atoms with Crippen LogP contribution in [0.4, 0.5) is 0 Å². The van der Waals surface area contributed by atoms with Crippen molar-refractivity contribution < 1.29 is 13.5 Å². The Hall–Kier alpha value is -0.690. The van der Waals surface area contributed by atoms with Gasteiger partial charge in [-0.3, -0.25) is 0 Å². The van der Waals surface area contributed by atoms with Gasteiger partial charge in [0, 0.05) is 18.8 Å². The molecule has 0 spiro atoms. The summed E-state index contributed by atoms with van der Waals surface area (Å²) in [4.78, 5) is 3.90. The maximum Gasteiger partial charge on any atom is 0.242 e. The van der Waals surface area contributed by atoms with E-state index >= 15 is 0 Å². The van der Waals surface area contributed by atoms with Crippen LogP contribution in [0, 0.1) is 6.92 Å². The standard InChI is InChI=1S/C11H17ClN2O3S/c1-3-9(4-5-15)14-18(16,17)10-6-8(2)11(12)13-7-10/h6-7,9,14-15H,3-5H2,1-2H3. The van der Waals surface area contributed by atoms with Gasteiger partial charge in [0.05, 0.1) is 0 Å². The quantitative estimate of drug-likeness (QED) is 0.779. The molecule has 0 aliphatic rings. The Balaban J connectivity index is 2.95. The van der Waals surface area contributed by atoms with Gasteiger partial charge in [-0.25, -0.2) is 18.1 Å². The van der Waals surface area contributed by atoms with E-state index in [1.54, 1.807) is 6.92 Å². The molecule has 18 heavy (non-hydrogen) atoms. The smallest absolute Gasteiger partial charge is 0.242 e. The van der Waals surface area contributed by atoms with Crippen molar-refractivity contribution in [1.29, 1.82) is 0 Å². The van der Waals surface area contributed by atoms with E-state index in [1.807, 2.05) is 6.92 Å². The van der Waals surface area contributed by atoms with Crippen LogP contribution in [0.1, 0.15) is 25.3 Å². The van der Waals surface area contributed by atoms with Crippen LogP contribution in [0.2, 0.25) is 5.15 Å². The van der Waals surface area contributed by atoms with Crippen LogP contribution in [-0.2, 0) is 10.0 Å². The zero-order chi connectivity index (χ0) is 13.8. The van der Waals surface area contributed by atoms with Gasteiger partial charge in [0.1, 0.15) is 10.0 Å². The van der Waals surface area contributed by atoms with Gasteiger partial charge < -0.3 is 5.11 Å². The van der Waals surface area contributed by atoms with Crippen LogP contribution >= 0.6 is 11.6 Å². The third-order valence-corrected chi connectivity index (χ3v) is 4.47. The molecule has 2 N–H and O–H groups in total. The molecule has 0 aromatic carbocycles. The monoisotopic (exact) mass is 292 g/mol. The zero-order valence-electron chi connectivity index (χ0n) is 10.4. The Bertz CT molecular complexity index is 505. The number of hydrogen-bond donors (Lipinski definition) is 2. The molecular formula is C11H17ClN2O3S. The lowest BCUT2D eigenvalue weighted by Crippen LogP contribution is -2.35. The Morgan fingerprint density at radius 3 is 2.72 bits per heavy atom. The molecule has 0 bridgehead atoms. The highest BCUT2D eigenvalue weighted by molar-refractivity contribution is 7.89. The van der Waals surface area contributed by atoms with Gasteiger partial charge in [0.25, 0.3) is 0 Å². The number of nitrogens with one attached hydrogen (secondary N) is 1. The highest BCUT2D eigenvalue weighted by Crippen LogP contribution is 2.17. The fourth-order valence-corrected chi connectivity index (χ4v) is 2.96. The molecule has 0 aliphatic heterocycles. The molecule has 0 fully saturated rings. The first-order valence-electron chi connectivity index (χ1n) is 5.66. The van der Waals surface area contributed by atoms with Gasteiger partial charge in [-0.15, -0.1) is 0 Å². The van der Waals surface area contributed by atoms with Gasteiger partial charge in [-0.05, 0) is 31.4 Å². The zero-order valence-corrected chi connectivity index (χ0v) is 11.9. The summed E-state index contributed by atoms with van der Waals surface area (Å²) in [5.74, 6) is 0. The summed E-state index contributed by atoms with van der Waals surface area (Å²) < 4.78 is 26.7. The van der Waals surface area contributed by atoms with Crippen molar-refractivity contribution in [2.75, 3.05) is 6.61 Å². The van der Waals surface area contributed by atoms with Crippen LogP contribution in [-0.4, -0.2) is 31.2 Å². The van der Waals surface area contributed by atoms with Crippen LogP contribution in [0.25, 0.3) is 0 Å². The van der Waals surface area contributed by atoms with Gasteiger partial charge >= 0.3 is 0 Å². The summed E-state index contributed by atoms with van der Waals surface area (Å²) in [6, 6.07) is 1.19. The summed E-state index contributed by atoms with van der Waals surface area (Å²) >= 11 is 5.75. The minimum atomic E-state index is -3.62. The second kappa shape index (κ2) is 6.47. The topological polar surface area (TPSA) is 79.3 Å². The van der Waals surface area contributed by atoms with E-state index < -0.39 is 10.0 Å². The molecule has 1 heterocycles. The highest BCUT2D eigenvalue weighted by atomic mass is 35.5. The number of pyridine rings is 1.